The smallest absolute Gasteiger partial charge is 0.303 e. The number of hydrogen-bond donors (Lipinski definition) is 2. The van der Waals surface area contributed by atoms with E-state index in [0.717, 1.165) is 50.0 Å². The Morgan fingerprint density at radius 3 is 2.36 bits per heavy atom. The number of anilines is 1. The van der Waals surface area contributed by atoms with Gasteiger partial charge in [0.05, 0.1) is 18.1 Å². The Morgan fingerprint density at radius 2 is 1.71 bits per heavy atom. The van der Waals surface area contributed by atoms with Gasteiger partial charge in [0.2, 0.25) is 17.7 Å². The van der Waals surface area contributed by atoms with Crippen molar-refractivity contribution in [2.24, 2.45) is 5.92 Å². The topological polar surface area (TPSA) is 121 Å². The van der Waals surface area contributed by atoms with E-state index in [1.165, 1.54) is 6.92 Å². The first-order valence-corrected chi connectivity index (χ1v) is 14.4. The lowest BCUT2D eigenvalue weighted by Gasteiger charge is -2.31. The van der Waals surface area contributed by atoms with E-state index in [1.807, 2.05) is 29.2 Å². The second kappa shape index (κ2) is 14.3. The number of benzene rings is 1. The molecule has 0 radical (unpaired) electrons. The van der Waals surface area contributed by atoms with Crippen LogP contribution < -0.4 is 15.0 Å². The van der Waals surface area contributed by atoms with Crippen molar-refractivity contribution in [2.45, 2.75) is 45.2 Å². The maximum atomic E-state index is 11.4. The van der Waals surface area contributed by atoms with Crippen LogP contribution in [0.15, 0.2) is 42.7 Å². The Bertz CT molecular complexity index is 1380. The van der Waals surface area contributed by atoms with Crippen LogP contribution in [0.5, 0.6) is 11.6 Å². The monoisotopic (exact) mass is 634 g/mol. The Balaban J connectivity index is 0.00000405. The molecular formula is C29H33Cl3N6O4. The maximum Gasteiger partial charge on any atom is 0.303 e. The number of halogens is 3. The molecular weight excluding hydrogens is 603 g/mol. The molecule has 2 aliphatic rings. The molecule has 3 aromatic rings. The van der Waals surface area contributed by atoms with E-state index in [0.29, 0.717) is 46.4 Å². The van der Waals surface area contributed by atoms with Gasteiger partial charge in [-0.2, -0.15) is 0 Å². The van der Waals surface area contributed by atoms with E-state index in [1.54, 1.807) is 18.5 Å². The van der Waals surface area contributed by atoms with E-state index in [4.69, 9.17) is 38.0 Å². The molecule has 1 atom stereocenters. The number of aromatic nitrogens is 3. The molecule has 5 rings (SSSR count). The van der Waals surface area contributed by atoms with E-state index in [9.17, 15) is 9.59 Å². The highest BCUT2D eigenvalue weighted by Crippen LogP contribution is 2.31. The highest BCUT2D eigenvalue weighted by molar-refractivity contribution is 6.35. The molecule has 1 unspecified atom stereocenters. The van der Waals surface area contributed by atoms with Crippen LogP contribution in [0.2, 0.25) is 10.0 Å². The summed E-state index contributed by atoms with van der Waals surface area (Å²) in [6, 6.07) is 9.26. The van der Waals surface area contributed by atoms with E-state index in [2.05, 4.69) is 20.2 Å². The van der Waals surface area contributed by atoms with E-state index >= 15 is 0 Å². The first-order chi connectivity index (χ1) is 19.7. The van der Waals surface area contributed by atoms with Crippen LogP contribution in [0, 0.1) is 5.92 Å². The van der Waals surface area contributed by atoms with Gasteiger partial charge in [0, 0.05) is 60.7 Å². The lowest BCUT2D eigenvalue weighted by Crippen LogP contribution is -2.35. The number of carbonyl (C=O) groups is 2. The molecule has 1 amide bonds. The number of piperidine rings is 1. The zero-order chi connectivity index (χ0) is 28.9. The van der Waals surface area contributed by atoms with Crippen LogP contribution in [0.25, 0.3) is 11.3 Å². The second-order valence-electron chi connectivity index (χ2n) is 10.6. The minimum absolute atomic E-state index is 0. The number of carboxylic acids is 1. The second-order valence-corrected chi connectivity index (χ2v) is 11.5. The molecule has 224 valence electrons. The zero-order valence-electron chi connectivity index (χ0n) is 23.1. The van der Waals surface area contributed by atoms with Gasteiger partial charge in [0.15, 0.2) is 5.75 Å². The van der Waals surface area contributed by atoms with Gasteiger partial charge >= 0.3 is 5.97 Å². The van der Waals surface area contributed by atoms with Gasteiger partial charge in [-0.1, -0.05) is 23.2 Å². The van der Waals surface area contributed by atoms with E-state index < -0.39 is 5.97 Å². The first-order valence-electron chi connectivity index (χ1n) is 13.6. The minimum Gasteiger partial charge on any atom is -0.481 e. The highest BCUT2D eigenvalue weighted by atomic mass is 35.5. The Labute approximate surface area is 260 Å². The summed E-state index contributed by atoms with van der Waals surface area (Å²) in [5, 5.41) is 13.1. The van der Waals surface area contributed by atoms with Crippen molar-refractivity contribution < 1.29 is 19.4 Å². The summed E-state index contributed by atoms with van der Waals surface area (Å²) in [5.41, 5.74) is 2.43. The Morgan fingerprint density at radius 1 is 1.02 bits per heavy atom. The van der Waals surface area contributed by atoms with Gasteiger partial charge in [-0.3, -0.25) is 14.5 Å². The molecule has 0 aliphatic carbocycles. The first kappa shape index (κ1) is 31.7. The zero-order valence-corrected chi connectivity index (χ0v) is 25.5. The summed E-state index contributed by atoms with van der Waals surface area (Å²) < 4.78 is 6.12. The molecule has 10 nitrogen and oxygen atoms in total. The largest absolute Gasteiger partial charge is 0.481 e. The number of carboxylic acid groups (broad SMARTS) is 1. The van der Waals surface area contributed by atoms with Gasteiger partial charge in [0.25, 0.3) is 0 Å². The molecule has 1 aromatic carbocycles. The number of aliphatic carboxylic acids is 1. The molecule has 0 spiro atoms. The number of likely N-dealkylation sites (tertiary alicyclic amines) is 1. The number of amides is 1. The van der Waals surface area contributed by atoms with Crippen LogP contribution in [0.1, 0.15) is 38.2 Å². The number of nitrogens with zero attached hydrogens (tertiary/aromatic N) is 5. The third-order valence-corrected chi connectivity index (χ3v) is 7.75. The van der Waals surface area contributed by atoms with Gasteiger partial charge < -0.3 is 20.1 Å². The maximum absolute atomic E-state index is 11.4. The number of rotatable bonds is 9. The van der Waals surface area contributed by atoms with Crippen LogP contribution in [0.4, 0.5) is 5.95 Å². The highest BCUT2D eigenvalue weighted by Gasteiger charge is 2.25. The van der Waals surface area contributed by atoms with Gasteiger partial charge in [0.1, 0.15) is 0 Å². The van der Waals surface area contributed by atoms with Crippen LogP contribution in [-0.4, -0.2) is 69.1 Å². The van der Waals surface area contributed by atoms with Crippen molar-refractivity contribution in [2.75, 3.05) is 31.1 Å². The van der Waals surface area contributed by atoms with Crippen molar-refractivity contribution in [3.8, 4) is 22.9 Å². The molecule has 2 fully saturated rings. The lowest BCUT2D eigenvalue weighted by molar-refractivity contribution is -0.138. The molecule has 42 heavy (non-hydrogen) atoms. The normalized spacial score (nSPS) is 17.5. The minimum atomic E-state index is -0.740. The summed E-state index contributed by atoms with van der Waals surface area (Å²) >= 11 is 12.6. The number of hydrogen-bond acceptors (Lipinski definition) is 8. The number of pyridine rings is 1. The molecule has 4 heterocycles. The van der Waals surface area contributed by atoms with Crippen LogP contribution in [-0.2, 0) is 16.1 Å². The summed E-state index contributed by atoms with van der Waals surface area (Å²) in [6.07, 6.45) is 5.99. The standard InChI is InChI=1S/C29H32Cl2N6O4.ClH/c1-18(38)34-24-4-7-37(17-24)29-32-14-25(15-33-29)41-27-9-20(16-36-5-2-19(3-6-36)10-28(39)40)8-26(35-27)21-11-22(30)13-23(31)12-21;/h8-9,11-15,19,24H,2-7,10,16-17H2,1H3,(H,34,38)(H,39,40);1H. The molecule has 0 saturated carbocycles. The fourth-order valence-electron chi connectivity index (χ4n) is 5.40. The van der Waals surface area contributed by atoms with Gasteiger partial charge in [-0.05, 0) is 68.1 Å². The fourth-order valence-corrected chi connectivity index (χ4v) is 5.93. The number of ether oxygens (including phenoxy) is 1. The van der Waals surface area contributed by atoms with Crippen molar-refractivity contribution in [3.05, 3.63) is 58.3 Å². The lowest BCUT2D eigenvalue weighted by atomic mass is 9.93. The fraction of sp³-hybridized carbons (Fsp3) is 0.414. The molecule has 2 N–H and O–H groups in total. The van der Waals surface area contributed by atoms with Gasteiger partial charge in [-0.15, -0.1) is 12.4 Å². The molecule has 2 aromatic heterocycles. The summed E-state index contributed by atoms with van der Waals surface area (Å²) in [5.74, 6) is 0.837. The molecule has 2 saturated heterocycles. The predicted octanol–water partition coefficient (Wildman–Crippen LogP) is 5.46. The van der Waals surface area contributed by atoms with Crippen LogP contribution >= 0.6 is 35.6 Å². The van der Waals surface area contributed by atoms with E-state index in [-0.39, 0.29) is 36.7 Å². The van der Waals surface area contributed by atoms with Crippen molar-refractivity contribution >= 4 is 53.4 Å². The molecule has 13 heteroatoms. The summed E-state index contributed by atoms with van der Waals surface area (Å²) in [4.78, 5) is 40.5. The van der Waals surface area contributed by atoms with Gasteiger partial charge in [-0.25, -0.2) is 15.0 Å². The summed E-state index contributed by atoms with van der Waals surface area (Å²) in [6.45, 7) is 5.24. The third kappa shape index (κ3) is 8.67. The Kier molecular flexibility index (Phi) is 10.8. The van der Waals surface area contributed by atoms with Crippen molar-refractivity contribution in [1.29, 1.82) is 0 Å². The average Bonchev–Trinajstić information content (AvgIpc) is 3.37. The molecule has 2 aliphatic heterocycles. The van der Waals surface area contributed by atoms with Crippen LogP contribution in [0.3, 0.4) is 0 Å². The quantitative estimate of drug-likeness (QED) is 0.316. The van der Waals surface area contributed by atoms with Crippen molar-refractivity contribution in [1.82, 2.24) is 25.2 Å². The third-order valence-electron chi connectivity index (χ3n) is 7.31. The number of carbonyl (C=O) groups excluding carboxylic acids is 1. The van der Waals surface area contributed by atoms with Crippen molar-refractivity contribution in [3.63, 3.8) is 0 Å². The summed E-state index contributed by atoms with van der Waals surface area (Å²) in [7, 11) is 0. The average molecular weight is 636 g/mol. The Hall–Kier alpha value is -3.18. The predicted molar refractivity (Wildman–Crippen MR) is 164 cm³/mol. The molecule has 0 bridgehead atoms. The number of nitrogens with one attached hydrogen (secondary N) is 1. The SMILES string of the molecule is CC(=O)NC1CCN(c2ncc(Oc3cc(CN4CCC(CC(=O)O)CC4)cc(-c4cc(Cl)cc(Cl)c4)n3)cn2)C1.Cl.